The summed E-state index contributed by atoms with van der Waals surface area (Å²) in [4.78, 5) is 27.7. The Morgan fingerprint density at radius 2 is 1.85 bits per heavy atom. The van der Waals surface area contributed by atoms with Gasteiger partial charge in [-0.05, 0) is 55.4 Å². The van der Waals surface area contributed by atoms with Crippen LogP contribution in [0.2, 0.25) is 0 Å². The van der Waals surface area contributed by atoms with Crippen molar-refractivity contribution in [3.63, 3.8) is 0 Å². The van der Waals surface area contributed by atoms with Gasteiger partial charge in [0.25, 0.3) is 0 Å². The van der Waals surface area contributed by atoms with Gasteiger partial charge in [-0.2, -0.15) is 0 Å². The van der Waals surface area contributed by atoms with Gasteiger partial charge in [-0.25, -0.2) is 9.59 Å². The lowest BCUT2D eigenvalue weighted by molar-refractivity contribution is -0.148. The van der Waals surface area contributed by atoms with E-state index in [0.717, 1.165) is 46.6 Å². The summed E-state index contributed by atoms with van der Waals surface area (Å²) in [6, 6.07) is 10.9. The van der Waals surface area contributed by atoms with Crippen LogP contribution < -0.4 is 14.8 Å². The van der Waals surface area contributed by atoms with Gasteiger partial charge in [0.05, 0.1) is 33.5 Å². The Morgan fingerprint density at radius 1 is 1.15 bits per heavy atom. The molecule has 2 aromatic rings. The average Bonchev–Trinajstić information content (AvgIpc) is 3.78. The van der Waals surface area contributed by atoms with Gasteiger partial charge in [-0.1, -0.05) is 30.3 Å². The summed E-state index contributed by atoms with van der Waals surface area (Å²) in [6.45, 7) is 5.44. The first-order valence-corrected chi connectivity index (χ1v) is 13.6. The van der Waals surface area contributed by atoms with E-state index in [9.17, 15) is 14.7 Å². The number of rotatable bonds is 12. The zero-order valence-electron chi connectivity index (χ0n) is 23.3. The van der Waals surface area contributed by atoms with Gasteiger partial charge in [0.1, 0.15) is 17.0 Å². The Labute approximate surface area is 230 Å². The number of ether oxygens (including phenoxy) is 4. The first-order chi connectivity index (χ1) is 18.8. The van der Waals surface area contributed by atoms with Gasteiger partial charge < -0.3 is 34.3 Å². The van der Waals surface area contributed by atoms with E-state index in [4.69, 9.17) is 18.9 Å². The molecule has 2 N–H and O–H groups in total. The Morgan fingerprint density at radius 3 is 2.44 bits per heavy atom. The molecule has 1 atom stereocenters. The molecule has 1 aliphatic carbocycles. The van der Waals surface area contributed by atoms with Crippen LogP contribution in [0.15, 0.2) is 36.4 Å². The Hall–Kier alpha value is -3.30. The van der Waals surface area contributed by atoms with Gasteiger partial charge in [0.2, 0.25) is 0 Å². The quantitative estimate of drug-likeness (QED) is 0.372. The monoisotopic (exact) mass is 540 g/mol. The maximum Gasteiger partial charge on any atom is 0.329 e. The molecule has 1 aliphatic heterocycles. The number of aliphatic carboxylic acids is 1. The predicted molar refractivity (Wildman–Crippen MR) is 146 cm³/mol. The topological polar surface area (TPSA) is 107 Å². The van der Waals surface area contributed by atoms with Crippen molar-refractivity contribution < 1.29 is 33.6 Å². The van der Waals surface area contributed by atoms with Crippen LogP contribution >= 0.6 is 0 Å². The molecule has 2 amide bonds. The van der Waals surface area contributed by atoms with Crippen molar-refractivity contribution >= 4 is 12.0 Å². The van der Waals surface area contributed by atoms with Crippen LogP contribution in [0.25, 0.3) is 0 Å². The number of nitrogens with one attached hydrogen (secondary N) is 1. The largest absolute Gasteiger partial charge is 0.496 e. The maximum absolute atomic E-state index is 13.8. The summed E-state index contributed by atoms with van der Waals surface area (Å²) in [5.41, 5.74) is 2.55. The first kappa shape index (κ1) is 28.7. The van der Waals surface area contributed by atoms with Crippen LogP contribution in [-0.2, 0) is 20.9 Å². The number of nitrogens with zero attached hydrogens (tertiary/aromatic N) is 1. The molecule has 1 unspecified atom stereocenters. The van der Waals surface area contributed by atoms with E-state index in [1.807, 2.05) is 50.2 Å². The molecule has 39 heavy (non-hydrogen) atoms. The summed E-state index contributed by atoms with van der Waals surface area (Å²) in [5, 5.41) is 12.9. The summed E-state index contributed by atoms with van der Waals surface area (Å²) in [6.07, 6.45) is 2.60. The van der Waals surface area contributed by atoms with Crippen LogP contribution in [0.5, 0.6) is 11.5 Å². The minimum Gasteiger partial charge on any atom is -0.496 e. The van der Waals surface area contributed by atoms with Crippen LogP contribution in [-0.4, -0.2) is 68.1 Å². The molecular formula is C30H40N2O7. The Kier molecular flexibility index (Phi) is 9.35. The second-order valence-electron chi connectivity index (χ2n) is 10.4. The molecule has 1 heterocycles. The summed E-state index contributed by atoms with van der Waals surface area (Å²) in [5.74, 6) is 0.882. The van der Waals surface area contributed by atoms with E-state index >= 15 is 0 Å². The first-order valence-electron chi connectivity index (χ1n) is 13.6. The zero-order valence-corrected chi connectivity index (χ0v) is 23.3. The highest BCUT2D eigenvalue weighted by atomic mass is 16.5. The molecule has 1 saturated carbocycles. The van der Waals surface area contributed by atoms with Crippen molar-refractivity contribution in [2.45, 2.75) is 63.6 Å². The van der Waals surface area contributed by atoms with Crippen LogP contribution in [0.4, 0.5) is 4.79 Å². The van der Waals surface area contributed by atoms with Gasteiger partial charge in [0, 0.05) is 38.2 Å². The number of carbonyl (C=O) groups is 2. The van der Waals surface area contributed by atoms with Gasteiger partial charge in [0.15, 0.2) is 0 Å². The molecule has 9 heteroatoms. The highest BCUT2D eigenvalue weighted by Crippen LogP contribution is 2.51. The van der Waals surface area contributed by atoms with Gasteiger partial charge in [-0.15, -0.1) is 0 Å². The van der Waals surface area contributed by atoms with Crippen molar-refractivity contribution in [2.75, 3.05) is 40.6 Å². The van der Waals surface area contributed by atoms with E-state index in [1.165, 1.54) is 0 Å². The number of carboxylic acid groups (broad SMARTS) is 1. The number of hydrogen-bond donors (Lipinski definition) is 2. The van der Waals surface area contributed by atoms with Crippen molar-refractivity contribution in [2.24, 2.45) is 0 Å². The molecule has 9 nitrogen and oxygen atoms in total. The van der Waals surface area contributed by atoms with Gasteiger partial charge in [-0.3, -0.25) is 0 Å². The Bertz CT molecular complexity index is 1140. The third-order valence-corrected chi connectivity index (χ3v) is 7.85. The predicted octanol–water partition coefficient (Wildman–Crippen LogP) is 4.81. The molecule has 2 aromatic carbocycles. The summed E-state index contributed by atoms with van der Waals surface area (Å²) >= 11 is 0. The van der Waals surface area contributed by atoms with E-state index in [0.29, 0.717) is 12.5 Å². The normalized spacial score (nSPS) is 17.2. The fraction of sp³-hybridized carbons (Fsp3) is 0.533. The second kappa shape index (κ2) is 12.7. The van der Waals surface area contributed by atoms with Crippen molar-refractivity contribution in [3.8, 4) is 11.5 Å². The fourth-order valence-corrected chi connectivity index (χ4v) is 5.35. The molecule has 2 aliphatic rings. The molecule has 0 radical (unpaired) electrons. The molecule has 0 aromatic heterocycles. The third-order valence-electron chi connectivity index (χ3n) is 7.85. The number of amides is 2. The zero-order chi connectivity index (χ0) is 28.0. The smallest absolute Gasteiger partial charge is 0.329 e. The summed E-state index contributed by atoms with van der Waals surface area (Å²) < 4.78 is 22.9. The molecule has 212 valence electrons. The lowest BCUT2D eigenvalue weighted by Crippen LogP contribution is -2.60. The fourth-order valence-electron chi connectivity index (χ4n) is 5.35. The van der Waals surface area contributed by atoms with Gasteiger partial charge >= 0.3 is 12.0 Å². The van der Waals surface area contributed by atoms with Crippen molar-refractivity contribution in [1.82, 2.24) is 10.2 Å². The molecular weight excluding hydrogens is 500 g/mol. The maximum atomic E-state index is 13.8. The molecule has 0 spiro atoms. The number of urea groups is 1. The minimum atomic E-state index is -1.38. The second-order valence-corrected chi connectivity index (χ2v) is 10.4. The third kappa shape index (κ3) is 6.47. The SMILES string of the molecule is COc1cc(C(C)N(CCOCc2ccccc2)C(=O)NC2(C(=O)O)CCOCC2)c(C)c(OC)c1C1CC1. The van der Waals surface area contributed by atoms with Crippen LogP contribution in [0.3, 0.4) is 0 Å². The van der Waals surface area contributed by atoms with E-state index in [2.05, 4.69) is 5.32 Å². The van der Waals surface area contributed by atoms with Crippen LogP contribution in [0.1, 0.15) is 66.8 Å². The molecule has 1 saturated heterocycles. The number of hydrogen-bond acceptors (Lipinski definition) is 6. The highest BCUT2D eigenvalue weighted by molar-refractivity contribution is 5.86. The van der Waals surface area contributed by atoms with E-state index < -0.39 is 23.6 Å². The Balaban J connectivity index is 1.61. The highest BCUT2D eigenvalue weighted by Gasteiger charge is 2.43. The standard InChI is InChI=1S/C30H40N2O7/c1-20-24(18-25(36-3)26(23-10-11-23)27(20)37-4)21(2)32(14-17-39-19-22-8-6-5-7-9-22)29(35)31-30(28(33)34)12-15-38-16-13-30/h5-9,18,21,23H,10-17,19H2,1-4H3,(H,31,35)(H,33,34). The average molecular weight is 541 g/mol. The number of benzene rings is 2. The lowest BCUT2D eigenvalue weighted by atomic mass is 9.90. The lowest BCUT2D eigenvalue weighted by Gasteiger charge is -2.38. The molecule has 2 fully saturated rings. The number of carbonyl (C=O) groups excluding carboxylic acids is 1. The molecule has 4 rings (SSSR count). The van der Waals surface area contributed by atoms with E-state index in [-0.39, 0.29) is 39.2 Å². The van der Waals surface area contributed by atoms with Crippen molar-refractivity contribution in [3.05, 3.63) is 58.7 Å². The van der Waals surface area contributed by atoms with Crippen molar-refractivity contribution in [1.29, 1.82) is 0 Å². The number of methoxy groups -OCH3 is 2. The minimum absolute atomic E-state index is 0.206. The summed E-state index contributed by atoms with van der Waals surface area (Å²) in [7, 11) is 3.31. The molecule has 0 bridgehead atoms. The van der Waals surface area contributed by atoms with E-state index in [1.54, 1.807) is 19.1 Å². The van der Waals surface area contributed by atoms with Crippen LogP contribution in [0, 0.1) is 6.92 Å². The number of carboxylic acids is 1.